The lowest BCUT2D eigenvalue weighted by Crippen LogP contribution is -1.84. The van der Waals surface area contributed by atoms with Crippen LogP contribution in [0.3, 0.4) is 0 Å². The van der Waals surface area contributed by atoms with E-state index in [1.807, 2.05) is 12.5 Å². The number of benzene rings is 4. The molecule has 0 aliphatic rings. The highest BCUT2D eigenvalue weighted by Crippen LogP contribution is 2.40. The van der Waals surface area contributed by atoms with E-state index in [4.69, 9.17) is 4.42 Å². The highest BCUT2D eigenvalue weighted by atomic mass is 16.3. The Labute approximate surface area is 109 Å². The molecule has 1 heteroatoms. The van der Waals surface area contributed by atoms with Crippen LogP contribution in [-0.2, 0) is 0 Å². The van der Waals surface area contributed by atoms with Gasteiger partial charge in [0.25, 0.3) is 0 Å². The Morgan fingerprint density at radius 3 is 1.58 bits per heavy atom. The smallest absolute Gasteiger partial charge is 0.0987 e. The van der Waals surface area contributed by atoms with Gasteiger partial charge in [-0.25, -0.2) is 0 Å². The van der Waals surface area contributed by atoms with Gasteiger partial charge in [-0.1, -0.05) is 48.5 Å². The summed E-state index contributed by atoms with van der Waals surface area (Å²) < 4.78 is 5.46. The third-order valence-electron chi connectivity index (χ3n) is 4.13. The Morgan fingerprint density at radius 1 is 0.526 bits per heavy atom. The zero-order chi connectivity index (χ0) is 12.4. The quantitative estimate of drug-likeness (QED) is 0.334. The standard InChI is InChI=1S/C18H10O/c1-3-11-7-8-12-4-2-6-14-16-10-19-9-15(16)13(5-1)17(11)18(12)14/h1-10H. The molecule has 1 nitrogen and oxygen atoms in total. The average Bonchev–Trinajstić information content (AvgIpc) is 2.95. The number of hydrogen-bond donors (Lipinski definition) is 0. The minimum absolute atomic E-state index is 1.21. The first-order valence-electron chi connectivity index (χ1n) is 6.45. The topological polar surface area (TPSA) is 13.1 Å². The fourth-order valence-corrected chi connectivity index (χ4v) is 3.32. The van der Waals surface area contributed by atoms with E-state index >= 15 is 0 Å². The van der Waals surface area contributed by atoms with Crippen molar-refractivity contribution in [3.05, 3.63) is 61.1 Å². The van der Waals surface area contributed by atoms with Crippen LogP contribution in [0.1, 0.15) is 0 Å². The van der Waals surface area contributed by atoms with Crippen LogP contribution in [0.5, 0.6) is 0 Å². The molecule has 0 aliphatic heterocycles. The van der Waals surface area contributed by atoms with Crippen LogP contribution < -0.4 is 0 Å². The van der Waals surface area contributed by atoms with E-state index in [2.05, 4.69) is 48.5 Å². The predicted octanol–water partition coefficient (Wildman–Crippen LogP) is 5.33. The molecular formula is C18H10O. The van der Waals surface area contributed by atoms with Crippen molar-refractivity contribution in [2.45, 2.75) is 0 Å². The summed E-state index contributed by atoms with van der Waals surface area (Å²) in [6, 6.07) is 17.4. The molecular weight excluding hydrogens is 232 g/mol. The minimum Gasteiger partial charge on any atom is -0.471 e. The van der Waals surface area contributed by atoms with Crippen LogP contribution in [0.2, 0.25) is 0 Å². The van der Waals surface area contributed by atoms with Crippen molar-refractivity contribution in [3.63, 3.8) is 0 Å². The molecule has 0 saturated carbocycles. The highest BCUT2D eigenvalue weighted by molar-refractivity contribution is 6.33. The van der Waals surface area contributed by atoms with Gasteiger partial charge >= 0.3 is 0 Å². The summed E-state index contributed by atoms with van der Waals surface area (Å²) in [5, 5.41) is 10.3. The molecule has 5 rings (SSSR count). The van der Waals surface area contributed by atoms with Gasteiger partial charge < -0.3 is 4.42 Å². The molecule has 5 aromatic rings. The Balaban J connectivity index is 2.36. The zero-order valence-electron chi connectivity index (χ0n) is 10.2. The van der Waals surface area contributed by atoms with Crippen molar-refractivity contribution in [2.24, 2.45) is 0 Å². The van der Waals surface area contributed by atoms with Crippen LogP contribution in [-0.4, -0.2) is 0 Å². The summed E-state index contributed by atoms with van der Waals surface area (Å²) in [6.45, 7) is 0. The first-order valence-corrected chi connectivity index (χ1v) is 6.45. The lowest BCUT2D eigenvalue weighted by Gasteiger charge is -2.11. The lowest BCUT2D eigenvalue weighted by atomic mass is 9.91. The van der Waals surface area contributed by atoms with Gasteiger partial charge in [0.1, 0.15) is 0 Å². The van der Waals surface area contributed by atoms with Crippen molar-refractivity contribution < 1.29 is 4.42 Å². The second-order valence-corrected chi connectivity index (χ2v) is 5.07. The maximum Gasteiger partial charge on any atom is 0.0987 e. The number of furan rings is 1. The zero-order valence-corrected chi connectivity index (χ0v) is 10.2. The van der Waals surface area contributed by atoms with Gasteiger partial charge in [-0.15, -0.1) is 0 Å². The summed E-state index contributed by atoms with van der Waals surface area (Å²) in [6.07, 6.45) is 3.72. The summed E-state index contributed by atoms with van der Waals surface area (Å²) in [4.78, 5) is 0. The number of hydrogen-bond acceptors (Lipinski definition) is 1. The van der Waals surface area contributed by atoms with E-state index in [-0.39, 0.29) is 0 Å². The lowest BCUT2D eigenvalue weighted by molar-refractivity contribution is 0.573. The highest BCUT2D eigenvalue weighted by Gasteiger charge is 2.13. The maximum atomic E-state index is 5.46. The van der Waals surface area contributed by atoms with Gasteiger partial charge in [0, 0.05) is 10.8 Å². The second kappa shape index (κ2) is 3.07. The van der Waals surface area contributed by atoms with Crippen molar-refractivity contribution in [1.82, 2.24) is 0 Å². The molecule has 0 radical (unpaired) electrons. The second-order valence-electron chi connectivity index (χ2n) is 5.07. The SMILES string of the molecule is c1cc2ccc3cccc4c5cocc5c(c1)c2c34. The van der Waals surface area contributed by atoms with Gasteiger partial charge in [-0.05, 0) is 32.3 Å². The van der Waals surface area contributed by atoms with Gasteiger partial charge in [-0.2, -0.15) is 0 Å². The number of rotatable bonds is 0. The van der Waals surface area contributed by atoms with E-state index in [0.717, 1.165) is 0 Å². The molecule has 1 heterocycles. The molecule has 0 saturated heterocycles. The summed E-state index contributed by atoms with van der Waals surface area (Å²) >= 11 is 0. The first-order chi connectivity index (χ1) is 9.43. The summed E-state index contributed by atoms with van der Waals surface area (Å²) in [7, 11) is 0. The fourth-order valence-electron chi connectivity index (χ4n) is 3.32. The van der Waals surface area contributed by atoms with Gasteiger partial charge in [-0.3, -0.25) is 0 Å². The van der Waals surface area contributed by atoms with Crippen LogP contribution in [0.4, 0.5) is 0 Å². The predicted molar refractivity (Wildman–Crippen MR) is 79.9 cm³/mol. The molecule has 4 aromatic carbocycles. The van der Waals surface area contributed by atoms with E-state index in [0.29, 0.717) is 0 Å². The molecule has 19 heavy (non-hydrogen) atoms. The molecule has 0 spiro atoms. The molecule has 0 aliphatic carbocycles. The molecule has 0 amide bonds. The van der Waals surface area contributed by atoms with Crippen LogP contribution >= 0.6 is 0 Å². The Morgan fingerprint density at radius 2 is 1.05 bits per heavy atom. The van der Waals surface area contributed by atoms with Crippen molar-refractivity contribution in [1.29, 1.82) is 0 Å². The van der Waals surface area contributed by atoms with Crippen molar-refractivity contribution in [2.75, 3.05) is 0 Å². The first kappa shape index (κ1) is 9.40. The van der Waals surface area contributed by atoms with Crippen LogP contribution in [0.25, 0.3) is 43.1 Å². The minimum atomic E-state index is 1.21. The third kappa shape index (κ3) is 1.02. The summed E-state index contributed by atoms with van der Waals surface area (Å²) in [5.41, 5.74) is 0. The Bertz CT molecular complexity index is 969. The largest absolute Gasteiger partial charge is 0.471 e. The van der Waals surface area contributed by atoms with Gasteiger partial charge in [0.2, 0.25) is 0 Å². The molecule has 0 N–H and O–H groups in total. The van der Waals surface area contributed by atoms with Gasteiger partial charge in [0.15, 0.2) is 0 Å². The normalized spacial score (nSPS) is 12.2. The van der Waals surface area contributed by atoms with Crippen molar-refractivity contribution in [3.8, 4) is 0 Å². The Kier molecular flexibility index (Phi) is 1.52. The van der Waals surface area contributed by atoms with E-state index < -0.39 is 0 Å². The van der Waals surface area contributed by atoms with Crippen LogP contribution in [0, 0.1) is 0 Å². The monoisotopic (exact) mass is 242 g/mol. The van der Waals surface area contributed by atoms with E-state index in [9.17, 15) is 0 Å². The number of fused-ring (bicyclic) bond motifs is 3. The fraction of sp³-hybridized carbons (Fsp3) is 0. The maximum absolute atomic E-state index is 5.46. The molecule has 88 valence electrons. The van der Waals surface area contributed by atoms with Crippen molar-refractivity contribution >= 4 is 43.1 Å². The molecule has 0 unspecified atom stereocenters. The van der Waals surface area contributed by atoms with E-state index in [1.165, 1.54) is 43.1 Å². The average molecular weight is 242 g/mol. The molecule has 0 fully saturated rings. The molecule has 0 bridgehead atoms. The summed E-state index contributed by atoms with van der Waals surface area (Å²) in [5.74, 6) is 0. The Hall–Kier alpha value is -2.54. The third-order valence-corrected chi connectivity index (χ3v) is 4.13. The van der Waals surface area contributed by atoms with Crippen LogP contribution in [0.15, 0.2) is 65.5 Å². The molecule has 0 atom stereocenters. The van der Waals surface area contributed by atoms with E-state index in [1.54, 1.807) is 0 Å². The van der Waals surface area contributed by atoms with Gasteiger partial charge in [0.05, 0.1) is 12.5 Å². The molecule has 1 aromatic heterocycles.